The molecular weight excluding hydrogens is 252 g/mol. The third-order valence-corrected chi connectivity index (χ3v) is 4.82. The lowest BCUT2D eigenvalue weighted by molar-refractivity contribution is 0.451. The summed E-state index contributed by atoms with van der Waals surface area (Å²) in [5, 5.41) is 1.15. The van der Waals surface area contributed by atoms with E-state index in [1.54, 1.807) is 11.3 Å². The summed E-state index contributed by atoms with van der Waals surface area (Å²) in [5.41, 5.74) is 1.11. The van der Waals surface area contributed by atoms with Crippen LogP contribution in [0.3, 0.4) is 0 Å². The van der Waals surface area contributed by atoms with Crippen LogP contribution in [0.15, 0.2) is 24.3 Å². The smallest absolute Gasteiger partial charge is 0.186 e. The molecule has 3 rings (SSSR count). The number of rotatable bonds is 2. The van der Waals surface area contributed by atoms with Crippen molar-refractivity contribution >= 4 is 38.3 Å². The summed E-state index contributed by atoms with van der Waals surface area (Å²) in [7, 11) is 0. The first-order chi connectivity index (χ1) is 8.36. The van der Waals surface area contributed by atoms with Gasteiger partial charge in [0.15, 0.2) is 5.13 Å². The molecule has 1 aliphatic heterocycles. The maximum Gasteiger partial charge on any atom is 0.186 e. The first-order valence-electron chi connectivity index (χ1n) is 6.03. The molecule has 0 aliphatic carbocycles. The average molecular weight is 267 g/mol. The van der Waals surface area contributed by atoms with Crippen LogP contribution >= 0.6 is 22.9 Å². The van der Waals surface area contributed by atoms with Gasteiger partial charge in [-0.05, 0) is 30.9 Å². The van der Waals surface area contributed by atoms with Crippen molar-refractivity contribution in [3.63, 3.8) is 0 Å². The number of thiazole rings is 1. The molecule has 2 heterocycles. The monoisotopic (exact) mass is 266 g/mol. The minimum atomic E-state index is 0.623. The lowest BCUT2D eigenvalue weighted by atomic mass is 10.0. The number of nitrogens with zero attached hydrogens (tertiary/aromatic N) is 2. The van der Waals surface area contributed by atoms with E-state index in [2.05, 4.69) is 23.1 Å². The maximum absolute atomic E-state index is 5.97. The van der Waals surface area contributed by atoms with Gasteiger partial charge in [0.25, 0.3) is 0 Å². The second-order valence-corrected chi connectivity index (χ2v) is 5.89. The molecule has 1 atom stereocenters. The second kappa shape index (κ2) is 4.83. The largest absolute Gasteiger partial charge is 0.348 e. The Morgan fingerprint density at radius 1 is 1.41 bits per heavy atom. The highest BCUT2D eigenvalue weighted by atomic mass is 35.5. The van der Waals surface area contributed by atoms with Crippen molar-refractivity contribution in [1.29, 1.82) is 0 Å². The van der Waals surface area contributed by atoms with Crippen LogP contribution in [0, 0.1) is 5.92 Å². The van der Waals surface area contributed by atoms with E-state index < -0.39 is 0 Å². The van der Waals surface area contributed by atoms with E-state index in [1.807, 2.05) is 6.07 Å². The molecular formula is C13H15ClN2S. The predicted molar refractivity (Wildman–Crippen MR) is 75.3 cm³/mol. The van der Waals surface area contributed by atoms with Crippen LogP contribution in [0.25, 0.3) is 10.2 Å². The van der Waals surface area contributed by atoms with Crippen molar-refractivity contribution < 1.29 is 0 Å². The SMILES string of the molecule is ClCC1CCCN(c2nc3ccccc3s2)C1. The molecule has 1 aliphatic rings. The molecule has 2 aromatic rings. The summed E-state index contributed by atoms with van der Waals surface area (Å²) < 4.78 is 1.27. The average Bonchev–Trinajstić information content (AvgIpc) is 2.82. The lowest BCUT2D eigenvalue weighted by Crippen LogP contribution is -2.35. The lowest BCUT2D eigenvalue weighted by Gasteiger charge is -2.31. The highest BCUT2D eigenvalue weighted by molar-refractivity contribution is 7.22. The zero-order valence-electron chi connectivity index (χ0n) is 9.60. The van der Waals surface area contributed by atoms with Crippen molar-refractivity contribution in [3.8, 4) is 0 Å². The van der Waals surface area contributed by atoms with Crippen LogP contribution in [-0.4, -0.2) is 24.0 Å². The molecule has 1 saturated heterocycles. The van der Waals surface area contributed by atoms with E-state index in [9.17, 15) is 0 Å². The molecule has 4 heteroatoms. The molecule has 17 heavy (non-hydrogen) atoms. The van der Waals surface area contributed by atoms with E-state index in [1.165, 1.54) is 17.5 Å². The number of hydrogen-bond acceptors (Lipinski definition) is 3. The van der Waals surface area contributed by atoms with Crippen molar-refractivity contribution in [2.75, 3.05) is 23.9 Å². The Morgan fingerprint density at radius 3 is 3.12 bits per heavy atom. The first kappa shape index (κ1) is 11.3. The molecule has 90 valence electrons. The highest BCUT2D eigenvalue weighted by Gasteiger charge is 2.21. The molecule has 1 unspecified atom stereocenters. The fourth-order valence-corrected chi connectivity index (χ4v) is 3.61. The molecule has 1 aromatic carbocycles. The molecule has 0 saturated carbocycles. The van der Waals surface area contributed by atoms with Crippen LogP contribution in [0.2, 0.25) is 0 Å². The summed E-state index contributed by atoms with van der Waals surface area (Å²) in [5.74, 6) is 1.39. The van der Waals surface area contributed by atoms with Gasteiger partial charge >= 0.3 is 0 Å². The van der Waals surface area contributed by atoms with Gasteiger partial charge in [0, 0.05) is 19.0 Å². The number of piperidine rings is 1. The summed E-state index contributed by atoms with van der Waals surface area (Å²) in [6.45, 7) is 2.18. The zero-order valence-corrected chi connectivity index (χ0v) is 11.2. The Kier molecular flexibility index (Phi) is 3.21. The third kappa shape index (κ3) is 2.26. The minimum Gasteiger partial charge on any atom is -0.348 e. The molecule has 1 fully saturated rings. The Balaban J connectivity index is 1.87. The normalized spacial score (nSPS) is 21.0. The number of fused-ring (bicyclic) bond motifs is 1. The van der Waals surface area contributed by atoms with Gasteiger partial charge in [-0.2, -0.15) is 0 Å². The molecule has 0 spiro atoms. The Bertz CT molecular complexity index is 478. The zero-order chi connectivity index (χ0) is 11.7. The van der Waals surface area contributed by atoms with Gasteiger partial charge in [-0.25, -0.2) is 4.98 Å². The quantitative estimate of drug-likeness (QED) is 0.770. The standard InChI is InChI=1S/C13H15ClN2S/c14-8-10-4-3-7-16(9-10)13-15-11-5-1-2-6-12(11)17-13/h1-2,5-6,10H,3-4,7-9H2. The first-order valence-corrected chi connectivity index (χ1v) is 7.38. The molecule has 0 bridgehead atoms. The number of alkyl halides is 1. The van der Waals surface area contributed by atoms with Crippen LogP contribution < -0.4 is 4.90 Å². The van der Waals surface area contributed by atoms with Crippen molar-refractivity contribution in [1.82, 2.24) is 4.98 Å². The van der Waals surface area contributed by atoms with Gasteiger partial charge in [-0.1, -0.05) is 23.5 Å². The van der Waals surface area contributed by atoms with Crippen molar-refractivity contribution in [2.24, 2.45) is 5.92 Å². The van der Waals surface area contributed by atoms with E-state index in [-0.39, 0.29) is 0 Å². The topological polar surface area (TPSA) is 16.1 Å². The van der Waals surface area contributed by atoms with Crippen LogP contribution in [0.4, 0.5) is 5.13 Å². The molecule has 0 N–H and O–H groups in total. The van der Waals surface area contributed by atoms with Gasteiger partial charge in [-0.15, -0.1) is 11.6 Å². The van der Waals surface area contributed by atoms with Crippen LogP contribution in [0.5, 0.6) is 0 Å². The van der Waals surface area contributed by atoms with Gasteiger partial charge in [0.1, 0.15) is 0 Å². The van der Waals surface area contributed by atoms with Crippen LogP contribution in [0.1, 0.15) is 12.8 Å². The van der Waals surface area contributed by atoms with Crippen molar-refractivity contribution in [3.05, 3.63) is 24.3 Å². The Morgan fingerprint density at radius 2 is 2.29 bits per heavy atom. The molecule has 2 nitrogen and oxygen atoms in total. The van der Waals surface area contributed by atoms with Gasteiger partial charge < -0.3 is 4.90 Å². The second-order valence-electron chi connectivity index (χ2n) is 4.57. The summed E-state index contributed by atoms with van der Waals surface area (Å²) in [6, 6.07) is 8.34. The number of aromatic nitrogens is 1. The summed E-state index contributed by atoms with van der Waals surface area (Å²) >= 11 is 7.76. The van der Waals surface area contributed by atoms with Crippen LogP contribution in [-0.2, 0) is 0 Å². The highest BCUT2D eigenvalue weighted by Crippen LogP contribution is 2.31. The fraction of sp³-hybridized carbons (Fsp3) is 0.462. The fourth-order valence-electron chi connectivity index (χ4n) is 2.36. The third-order valence-electron chi connectivity index (χ3n) is 3.29. The number of para-hydroxylation sites is 1. The van der Waals surface area contributed by atoms with E-state index in [4.69, 9.17) is 16.6 Å². The van der Waals surface area contributed by atoms with E-state index in [0.29, 0.717) is 5.92 Å². The van der Waals surface area contributed by atoms with Gasteiger partial charge in [0.2, 0.25) is 0 Å². The van der Waals surface area contributed by atoms with Crippen molar-refractivity contribution in [2.45, 2.75) is 12.8 Å². The Labute approximate surface area is 110 Å². The minimum absolute atomic E-state index is 0.623. The summed E-state index contributed by atoms with van der Waals surface area (Å²) in [6.07, 6.45) is 2.48. The summed E-state index contributed by atoms with van der Waals surface area (Å²) in [4.78, 5) is 7.10. The molecule has 0 amide bonds. The van der Waals surface area contributed by atoms with Gasteiger partial charge in [-0.3, -0.25) is 0 Å². The number of halogens is 1. The number of benzene rings is 1. The van der Waals surface area contributed by atoms with Gasteiger partial charge in [0.05, 0.1) is 10.2 Å². The van der Waals surface area contributed by atoms with E-state index in [0.717, 1.165) is 29.6 Å². The number of anilines is 1. The van der Waals surface area contributed by atoms with E-state index >= 15 is 0 Å². The molecule has 0 radical (unpaired) electrons. The molecule has 1 aromatic heterocycles. The maximum atomic E-state index is 5.97. The number of hydrogen-bond donors (Lipinski definition) is 0. The Hall–Kier alpha value is -0.800. The predicted octanol–water partition coefficient (Wildman–Crippen LogP) is 3.75.